The van der Waals surface area contributed by atoms with E-state index in [1.165, 1.54) is 17.4 Å². The molecule has 0 aliphatic heterocycles. The molecule has 1 amide bonds. The molecule has 0 aliphatic rings. The minimum Gasteiger partial charge on any atom is -0.481 e. The third kappa shape index (κ3) is 7.64. The van der Waals surface area contributed by atoms with Gasteiger partial charge in [0.05, 0.1) is 4.34 Å². The number of carboxylic acid groups (broad SMARTS) is 1. The van der Waals surface area contributed by atoms with Crippen molar-refractivity contribution in [2.75, 3.05) is 6.54 Å². The molecule has 19 heavy (non-hydrogen) atoms. The molecule has 4 nitrogen and oxygen atoms in total. The smallest absolute Gasteiger partial charge is 0.303 e. The molecule has 6 heteroatoms. The van der Waals surface area contributed by atoms with Crippen molar-refractivity contribution in [3.05, 3.63) is 27.4 Å². The molecule has 1 aromatic heterocycles. The molecule has 0 radical (unpaired) electrons. The Kier molecular flexibility index (Phi) is 7.22. The van der Waals surface area contributed by atoms with Gasteiger partial charge in [-0.25, -0.2) is 0 Å². The van der Waals surface area contributed by atoms with Gasteiger partial charge in [0.2, 0.25) is 5.91 Å². The highest BCUT2D eigenvalue weighted by molar-refractivity contribution is 7.17. The highest BCUT2D eigenvalue weighted by Gasteiger charge is 1.98. The third-order valence-electron chi connectivity index (χ3n) is 2.36. The second-order valence-corrected chi connectivity index (χ2v) is 5.72. The molecular weight excluding hydrogens is 286 g/mol. The van der Waals surface area contributed by atoms with Gasteiger partial charge in [0.25, 0.3) is 0 Å². The van der Waals surface area contributed by atoms with Crippen LogP contribution in [0.25, 0.3) is 6.08 Å². The third-order valence-corrected chi connectivity index (χ3v) is 3.56. The van der Waals surface area contributed by atoms with Crippen LogP contribution < -0.4 is 5.32 Å². The van der Waals surface area contributed by atoms with E-state index in [9.17, 15) is 9.59 Å². The Hall–Kier alpha value is -1.33. The van der Waals surface area contributed by atoms with E-state index in [1.807, 2.05) is 6.07 Å². The van der Waals surface area contributed by atoms with Crippen molar-refractivity contribution in [1.29, 1.82) is 0 Å². The predicted octanol–water partition coefficient (Wildman–Crippen LogP) is 3.18. The molecule has 0 spiro atoms. The molecule has 0 fully saturated rings. The van der Waals surface area contributed by atoms with Crippen LogP contribution >= 0.6 is 22.9 Å². The monoisotopic (exact) mass is 301 g/mol. The van der Waals surface area contributed by atoms with E-state index in [1.54, 1.807) is 12.1 Å². The van der Waals surface area contributed by atoms with Gasteiger partial charge in [-0.2, -0.15) is 0 Å². The fraction of sp³-hybridized carbons (Fsp3) is 0.385. The summed E-state index contributed by atoms with van der Waals surface area (Å²) < 4.78 is 0.693. The van der Waals surface area contributed by atoms with E-state index in [0.29, 0.717) is 17.3 Å². The Morgan fingerprint density at radius 2 is 2.11 bits per heavy atom. The van der Waals surface area contributed by atoms with Crippen LogP contribution in [0.15, 0.2) is 18.2 Å². The summed E-state index contributed by atoms with van der Waals surface area (Å²) in [5.41, 5.74) is 0. The highest BCUT2D eigenvalue weighted by atomic mass is 35.5. The van der Waals surface area contributed by atoms with Crippen LogP contribution in [0.2, 0.25) is 4.34 Å². The second-order valence-electron chi connectivity index (χ2n) is 3.97. The average molecular weight is 302 g/mol. The summed E-state index contributed by atoms with van der Waals surface area (Å²) in [5.74, 6) is -0.927. The van der Waals surface area contributed by atoms with E-state index >= 15 is 0 Å². The Balaban J connectivity index is 2.11. The van der Waals surface area contributed by atoms with Crippen molar-refractivity contribution in [3.63, 3.8) is 0 Å². The summed E-state index contributed by atoms with van der Waals surface area (Å²) in [6, 6.07) is 3.63. The number of halogens is 1. The minimum atomic E-state index is -0.776. The zero-order valence-electron chi connectivity index (χ0n) is 10.4. The maximum atomic E-state index is 11.4. The summed E-state index contributed by atoms with van der Waals surface area (Å²) >= 11 is 7.18. The lowest BCUT2D eigenvalue weighted by Crippen LogP contribution is -2.21. The Bertz CT molecular complexity index is 456. The summed E-state index contributed by atoms with van der Waals surface area (Å²) in [6.45, 7) is 0.563. The standard InChI is InChI=1S/C13H16ClNO3S/c14-11-7-5-10(19-11)6-8-12(16)15-9-3-1-2-4-13(17)18/h5-8H,1-4,9H2,(H,15,16)(H,17,18)/b8-6+. The number of carbonyl (C=O) groups is 2. The molecule has 104 valence electrons. The van der Waals surface area contributed by atoms with Gasteiger partial charge in [0, 0.05) is 23.9 Å². The molecule has 0 saturated heterocycles. The lowest BCUT2D eigenvalue weighted by atomic mass is 10.2. The summed E-state index contributed by atoms with van der Waals surface area (Å²) in [6.07, 6.45) is 5.62. The fourth-order valence-corrected chi connectivity index (χ4v) is 2.39. The van der Waals surface area contributed by atoms with Gasteiger partial charge < -0.3 is 10.4 Å². The second kappa shape index (κ2) is 8.72. The molecule has 0 saturated carbocycles. The van der Waals surface area contributed by atoms with Gasteiger partial charge in [-0.3, -0.25) is 9.59 Å². The van der Waals surface area contributed by atoms with Gasteiger partial charge in [-0.1, -0.05) is 18.0 Å². The van der Waals surface area contributed by atoms with Crippen LogP contribution in [-0.4, -0.2) is 23.5 Å². The summed E-state index contributed by atoms with van der Waals surface area (Å²) in [5, 5.41) is 11.2. The quantitative estimate of drug-likeness (QED) is 0.572. The van der Waals surface area contributed by atoms with Crippen molar-refractivity contribution >= 4 is 40.9 Å². The first kappa shape index (κ1) is 15.7. The topological polar surface area (TPSA) is 66.4 Å². The molecular formula is C13H16ClNO3S. The number of unbranched alkanes of at least 4 members (excludes halogenated alkanes) is 2. The molecule has 2 N–H and O–H groups in total. The molecule has 1 heterocycles. The van der Waals surface area contributed by atoms with Crippen molar-refractivity contribution in [2.24, 2.45) is 0 Å². The molecule has 0 aromatic carbocycles. The SMILES string of the molecule is O=C(O)CCCCCNC(=O)/C=C/c1ccc(Cl)s1. The summed E-state index contributed by atoms with van der Waals surface area (Å²) in [7, 11) is 0. The first-order chi connectivity index (χ1) is 9.08. The lowest BCUT2D eigenvalue weighted by Gasteiger charge is -2.01. The Morgan fingerprint density at radius 1 is 1.32 bits per heavy atom. The Morgan fingerprint density at radius 3 is 2.74 bits per heavy atom. The molecule has 0 atom stereocenters. The van der Waals surface area contributed by atoms with Gasteiger partial charge in [0.15, 0.2) is 0 Å². The van der Waals surface area contributed by atoms with Crippen LogP contribution in [0, 0.1) is 0 Å². The number of amides is 1. The number of carbonyl (C=O) groups excluding carboxylic acids is 1. The highest BCUT2D eigenvalue weighted by Crippen LogP contribution is 2.22. The number of hydrogen-bond acceptors (Lipinski definition) is 3. The van der Waals surface area contributed by atoms with Crippen molar-refractivity contribution in [3.8, 4) is 0 Å². The number of aliphatic carboxylic acids is 1. The van der Waals surface area contributed by atoms with Crippen LogP contribution in [0.5, 0.6) is 0 Å². The van der Waals surface area contributed by atoms with Gasteiger partial charge in [-0.05, 0) is 31.1 Å². The number of carboxylic acids is 1. The van der Waals surface area contributed by atoms with Gasteiger partial charge >= 0.3 is 5.97 Å². The van der Waals surface area contributed by atoms with E-state index in [-0.39, 0.29) is 12.3 Å². The van der Waals surface area contributed by atoms with Crippen molar-refractivity contribution in [1.82, 2.24) is 5.32 Å². The maximum Gasteiger partial charge on any atom is 0.303 e. The number of rotatable bonds is 8. The van der Waals surface area contributed by atoms with Crippen LogP contribution in [0.4, 0.5) is 0 Å². The van der Waals surface area contributed by atoms with E-state index in [2.05, 4.69) is 5.32 Å². The molecule has 1 aromatic rings. The van der Waals surface area contributed by atoms with E-state index in [4.69, 9.17) is 16.7 Å². The van der Waals surface area contributed by atoms with E-state index < -0.39 is 5.97 Å². The van der Waals surface area contributed by atoms with Crippen molar-refractivity contribution in [2.45, 2.75) is 25.7 Å². The molecule has 0 aliphatic carbocycles. The molecule has 1 rings (SSSR count). The zero-order chi connectivity index (χ0) is 14.1. The number of thiophene rings is 1. The lowest BCUT2D eigenvalue weighted by molar-refractivity contribution is -0.137. The van der Waals surface area contributed by atoms with Crippen LogP contribution in [0.3, 0.4) is 0 Å². The average Bonchev–Trinajstić information content (AvgIpc) is 2.76. The first-order valence-corrected chi connectivity index (χ1v) is 7.20. The first-order valence-electron chi connectivity index (χ1n) is 6.01. The number of nitrogens with one attached hydrogen (secondary N) is 1. The molecule has 0 bridgehead atoms. The predicted molar refractivity (Wildman–Crippen MR) is 77.5 cm³/mol. The van der Waals surface area contributed by atoms with Gasteiger partial charge in [0.1, 0.15) is 0 Å². The van der Waals surface area contributed by atoms with Gasteiger partial charge in [-0.15, -0.1) is 11.3 Å². The van der Waals surface area contributed by atoms with Crippen LogP contribution in [-0.2, 0) is 9.59 Å². The fourth-order valence-electron chi connectivity index (χ4n) is 1.42. The van der Waals surface area contributed by atoms with E-state index in [0.717, 1.165) is 17.7 Å². The number of hydrogen-bond donors (Lipinski definition) is 2. The van der Waals surface area contributed by atoms with Crippen LogP contribution in [0.1, 0.15) is 30.6 Å². The zero-order valence-corrected chi connectivity index (χ0v) is 12.0. The largest absolute Gasteiger partial charge is 0.481 e. The Labute approximate surface area is 121 Å². The maximum absolute atomic E-state index is 11.4. The molecule has 0 unspecified atom stereocenters. The summed E-state index contributed by atoms with van der Waals surface area (Å²) in [4.78, 5) is 22.7. The van der Waals surface area contributed by atoms with Crippen molar-refractivity contribution < 1.29 is 14.7 Å². The minimum absolute atomic E-state index is 0.150. The normalized spacial score (nSPS) is 10.8.